The number of rotatable bonds is 11. The van der Waals surface area contributed by atoms with Gasteiger partial charge in [-0.25, -0.2) is 4.68 Å². The van der Waals surface area contributed by atoms with E-state index < -0.39 is 0 Å². The molecule has 6 heteroatoms. The zero-order valence-corrected chi connectivity index (χ0v) is 19.8. The van der Waals surface area contributed by atoms with Crippen LogP contribution in [-0.2, 0) is 15.0 Å². The van der Waals surface area contributed by atoms with E-state index >= 15 is 0 Å². The molecule has 6 nitrogen and oxygen atoms in total. The number of amides is 2. The minimum Gasteiger partial charge on any atom is -0.347 e. The Labute approximate surface area is 186 Å². The second kappa shape index (κ2) is 11.7. The SMILES string of the molecule is CCCCCCCCC(=O)NCC(=O)Nc1cc(C(C)(C)C)nn1-c1ccccc1C. The van der Waals surface area contributed by atoms with Crippen LogP contribution in [-0.4, -0.2) is 28.1 Å². The lowest BCUT2D eigenvalue weighted by molar-refractivity contribution is -0.124. The van der Waals surface area contributed by atoms with Crippen molar-refractivity contribution in [3.63, 3.8) is 0 Å². The summed E-state index contributed by atoms with van der Waals surface area (Å²) < 4.78 is 1.77. The van der Waals surface area contributed by atoms with E-state index in [4.69, 9.17) is 5.10 Å². The van der Waals surface area contributed by atoms with Gasteiger partial charge in [-0.15, -0.1) is 0 Å². The number of aromatic nitrogens is 2. The van der Waals surface area contributed by atoms with Gasteiger partial charge in [0.25, 0.3) is 0 Å². The first-order chi connectivity index (χ1) is 14.7. The molecule has 0 bridgehead atoms. The van der Waals surface area contributed by atoms with Crippen molar-refractivity contribution in [3.05, 3.63) is 41.6 Å². The number of anilines is 1. The van der Waals surface area contributed by atoms with Gasteiger partial charge < -0.3 is 10.6 Å². The normalized spacial score (nSPS) is 11.4. The van der Waals surface area contributed by atoms with Gasteiger partial charge in [-0.05, 0) is 25.0 Å². The van der Waals surface area contributed by atoms with Crippen LogP contribution >= 0.6 is 0 Å². The zero-order chi connectivity index (χ0) is 22.9. The van der Waals surface area contributed by atoms with Crippen LogP contribution in [0.2, 0.25) is 0 Å². The molecule has 0 unspecified atom stereocenters. The first kappa shape index (κ1) is 24.6. The summed E-state index contributed by atoms with van der Waals surface area (Å²) in [5.74, 6) is 0.273. The van der Waals surface area contributed by atoms with Gasteiger partial charge in [-0.2, -0.15) is 5.10 Å². The Morgan fingerprint density at radius 2 is 1.68 bits per heavy atom. The molecular formula is C25H38N4O2. The third-order valence-electron chi connectivity index (χ3n) is 5.29. The largest absolute Gasteiger partial charge is 0.347 e. The van der Waals surface area contributed by atoms with Gasteiger partial charge >= 0.3 is 0 Å². The maximum atomic E-state index is 12.5. The van der Waals surface area contributed by atoms with Crippen LogP contribution in [0.3, 0.4) is 0 Å². The van der Waals surface area contributed by atoms with E-state index in [-0.39, 0.29) is 23.8 Å². The third-order valence-corrected chi connectivity index (χ3v) is 5.29. The Bertz CT molecular complexity index is 865. The van der Waals surface area contributed by atoms with Gasteiger partial charge in [0.2, 0.25) is 11.8 Å². The monoisotopic (exact) mass is 426 g/mol. The van der Waals surface area contributed by atoms with Crippen LogP contribution in [0, 0.1) is 6.92 Å². The quantitative estimate of drug-likeness (QED) is 0.480. The Balaban J connectivity index is 1.96. The van der Waals surface area contributed by atoms with Gasteiger partial charge in [-0.3, -0.25) is 9.59 Å². The number of nitrogens with zero attached hydrogens (tertiary/aromatic N) is 2. The van der Waals surface area contributed by atoms with E-state index in [1.54, 1.807) is 4.68 Å². The lowest BCUT2D eigenvalue weighted by Crippen LogP contribution is -2.33. The summed E-state index contributed by atoms with van der Waals surface area (Å²) >= 11 is 0. The fraction of sp³-hybridized carbons (Fsp3) is 0.560. The van der Waals surface area contributed by atoms with Gasteiger partial charge in [0.1, 0.15) is 5.82 Å². The molecule has 170 valence electrons. The van der Waals surface area contributed by atoms with Crippen LogP contribution < -0.4 is 10.6 Å². The number of aryl methyl sites for hydroxylation is 1. The smallest absolute Gasteiger partial charge is 0.244 e. The molecule has 31 heavy (non-hydrogen) atoms. The van der Waals surface area contributed by atoms with Gasteiger partial charge in [0, 0.05) is 17.9 Å². The molecule has 2 amide bonds. The van der Waals surface area contributed by atoms with E-state index in [1.165, 1.54) is 25.7 Å². The van der Waals surface area contributed by atoms with E-state index in [0.717, 1.165) is 29.8 Å². The molecule has 1 aromatic heterocycles. The fourth-order valence-corrected chi connectivity index (χ4v) is 3.34. The molecule has 0 saturated heterocycles. The van der Waals surface area contributed by atoms with Crippen LogP contribution in [0.15, 0.2) is 30.3 Å². The molecule has 0 aliphatic rings. The molecule has 0 atom stereocenters. The van der Waals surface area contributed by atoms with E-state index in [9.17, 15) is 9.59 Å². The first-order valence-electron chi connectivity index (χ1n) is 11.5. The lowest BCUT2D eigenvalue weighted by Gasteiger charge is -2.14. The van der Waals surface area contributed by atoms with Gasteiger partial charge in [0.05, 0.1) is 17.9 Å². The highest BCUT2D eigenvalue weighted by Crippen LogP contribution is 2.27. The van der Waals surface area contributed by atoms with Crippen molar-refractivity contribution in [1.82, 2.24) is 15.1 Å². The van der Waals surface area contributed by atoms with Crippen molar-refractivity contribution in [2.24, 2.45) is 0 Å². The molecule has 0 saturated carbocycles. The van der Waals surface area contributed by atoms with E-state index in [2.05, 4.69) is 38.3 Å². The summed E-state index contributed by atoms with van der Waals surface area (Å²) in [5.41, 5.74) is 2.71. The zero-order valence-electron chi connectivity index (χ0n) is 19.8. The van der Waals surface area contributed by atoms with Crippen molar-refractivity contribution in [3.8, 4) is 5.69 Å². The van der Waals surface area contributed by atoms with Crippen molar-refractivity contribution >= 4 is 17.6 Å². The van der Waals surface area contributed by atoms with Crippen molar-refractivity contribution in [1.29, 1.82) is 0 Å². The maximum Gasteiger partial charge on any atom is 0.244 e. The van der Waals surface area contributed by atoms with Crippen molar-refractivity contribution < 1.29 is 9.59 Å². The highest BCUT2D eigenvalue weighted by Gasteiger charge is 2.22. The average Bonchev–Trinajstić information content (AvgIpc) is 3.13. The number of hydrogen-bond acceptors (Lipinski definition) is 3. The molecule has 1 aromatic carbocycles. The number of carbonyl (C=O) groups excluding carboxylic acids is 2. The Hall–Kier alpha value is -2.63. The summed E-state index contributed by atoms with van der Waals surface area (Å²) in [6, 6.07) is 9.83. The lowest BCUT2D eigenvalue weighted by atomic mass is 9.92. The fourth-order valence-electron chi connectivity index (χ4n) is 3.34. The molecule has 2 N–H and O–H groups in total. The minimum absolute atomic E-state index is 0.0432. The number of carbonyl (C=O) groups is 2. The van der Waals surface area contributed by atoms with Crippen LogP contribution in [0.4, 0.5) is 5.82 Å². The van der Waals surface area contributed by atoms with Gasteiger partial charge in [-0.1, -0.05) is 78.0 Å². The van der Waals surface area contributed by atoms with Crippen LogP contribution in [0.1, 0.15) is 83.9 Å². The molecule has 2 rings (SSSR count). The molecular weight excluding hydrogens is 388 g/mol. The van der Waals surface area contributed by atoms with Crippen LogP contribution in [0.25, 0.3) is 5.69 Å². The highest BCUT2D eigenvalue weighted by atomic mass is 16.2. The third kappa shape index (κ3) is 7.85. The second-order valence-electron chi connectivity index (χ2n) is 9.21. The van der Waals surface area contributed by atoms with E-state index in [1.807, 2.05) is 37.3 Å². The second-order valence-corrected chi connectivity index (χ2v) is 9.21. The highest BCUT2D eigenvalue weighted by molar-refractivity contribution is 5.94. The average molecular weight is 427 g/mol. The Morgan fingerprint density at radius 1 is 1.00 bits per heavy atom. The summed E-state index contributed by atoms with van der Waals surface area (Å²) in [7, 11) is 0. The molecule has 0 radical (unpaired) electrons. The van der Waals surface area contributed by atoms with Crippen molar-refractivity contribution in [2.75, 3.05) is 11.9 Å². The van der Waals surface area contributed by atoms with Crippen molar-refractivity contribution in [2.45, 2.75) is 85.0 Å². The Morgan fingerprint density at radius 3 is 2.35 bits per heavy atom. The number of hydrogen-bond donors (Lipinski definition) is 2. The molecule has 0 aliphatic carbocycles. The predicted octanol–water partition coefficient (Wildman–Crippen LogP) is 5.28. The number of unbranched alkanes of at least 4 members (excludes halogenated alkanes) is 5. The summed E-state index contributed by atoms with van der Waals surface area (Å²) in [4.78, 5) is 24.6. The molecule has 0 spiro atoms. The summed E-state index contributed by atoms with van der Waals surface area (Å²) in [5, 5.41) is 10.4. The number of benzene rings is 1. The van der Waals surface area contributed by atoms with Gasteiger partial charge in [0.15, 0.2) is 0 Å². The Kier molecular flexibility index (Phi) is 9.28. The van der Waals surface area contributed by atoms with Crippen LogP contribution in [0.5, 0.6) is 0 Å². The molecule has 1 heterocycles. The predicted molar refractivity (Wildman–Crippen MR) is 127 cm³/mol. The molecule has 0 fully saturated rings. The topological polar surface area (TPSA) is 76.0 Å². The van der Waals surface area contributed by atoms with E-state index in [0.29, 0.717) is 12.2 Å². The maximum absolute atomic E-state index is 12.5. The molecule has 0 aliphatic heterocycles. The molecule has 2 aromatic rings. The standard InChI is InChI=1S/C25H38N4O2/c1-6-7-8-9-10-11-16-23(30)26-18-24(31)27-22-17-21(25(3,4)5)28-29(22)20-15-13-12-14-19(20)2/h12-15,17H,6-11,16,18H2,1-5H3,(H,26,30)(H,27,31). The number of para-hydroxylation sites is 1. The minimum atomic E-state index is -0.258. The summed E-state index contributed by atoms with van der Waals surface area (Å²) in [6.07, 6.45) is 7.26. The summed E-state index contributed by atoms with van der Waals surface area (Å²) in [6.45, 7) is 10.4. The first-order valence-corrected chi connectivity index (χ1v) is 11.5. The number of nitrogens with one attached hydrogen (secondary N) is 2.